The summed E-state index contributed by atoms with van der Waals surface area (Å²) in [5.41, 5.74) is 0.955. The van der Waals surface area contributed by atoms with Crippen molar-refractivity contribution in [2.75, 3.05) is 4.90 Å². The van der Waals surface area contributed by atoms with Crippen LogP contribution in [0.15, 0.2) is 46.6 Å². The Morgan fingerprint density at radius 1 is 1.28 bits per heavy atom. The smallest absolute Gasteiger partial charge is 0.359 e. The summed E-state index contributed by atoms with van der Waals surface area (Å²) in [7, 11) is 0. The summed E-state index contributed by atoms with van der Waals surface area (Å²) < 4.78 is 43.4. The highest BCUT2D eigenvalue weighted by molar-refractivity contribution is 7.11. The zero-order valence-corrected chi connectivity index (χ0v) is 13.8. The van der Waals surface area contributed by atoms with Crippen LogP contribution in [-0.4, -0.2) is 16.0 Å². The maximum absolute atomic E-state index is 12.8. The van der Waals surface area contributed by atoms with Gasteiger partial charge < -0.3 is 4.52 Å². The number of carbonyl (C=O) groups excluding carboxylic acids is 1. The number of alkyl halides is 3. The van der Waals surface area contributed by atoms with E-state index in [2.05, 4.69) is 10.1 Å². The van der Waals surface area contributed by atoms with Gasteiger partial charge in [0.1, 0.15) is 10.6 Å². The number of hydrogen-bond acceptors (Lipinski definition) is 5. The van der Waals surface area contributed by atoms with E-state index in [-0.39, 0.29) is 11.5 Å². The molecule has 9 heteroatoms. The van der Waals surface area contributed by atoms with Crippen molar-refractivity contribution in [1.82, 2.24) is 10.1 Å². The van der Waals surface area contributed by atoms with E-state index >= 15 is 0 Å². The number of amides is 1. The number of benzene rings is 1. The molecule has 0 atom stereocenters. The number of hydrogen-bond donors (Lipinski definition) is 0. The Balaban J connectivity index is 2.03. The number of nitrogens with zero attached hydrogens (tertiary/aromatic N) is 3. The van der Waals surface area contributed by atoms with Gasteiger partial charge in [-0.05, 0) is 24.3 Å². The fourth-order valence-corrected chi connectivity index (χ4v) is 2.71. The van der Waals surface area contributed by atoms with E-state index in [0.717, 1.165) is 23.5 Å². The van der Waals surface area contributed by atoms with Crippen molar-refractivity contribution < 1.29 is 22.5 Å². The topological polar surface area (TPSA) is 59.2 Å². The third kappa shape index (κ3) is 3.55. The molecule has 0 saturated carbocycles. The van der Waals surface area contributed by atoms with E-state index in [0.29, 0.717) is 17.1 Å². The Bertz CT molecular complexity index is 858. The molecular weight excluding hydrogens is 355 g/mol. The summed E-state index contributed by atoms with van der Waals surface area (Å²) in [4.78, 5) is 18.2. The van der Waals surface area contributed by atoms with Gasteiger partial charge >= 0.3 is 6.18 Å². The van der Waals surface area contributed by atoms with Gasteiger partial charge in [-0.3, -0.25) is 14.7 Å². The van der Waals surface area contributed by atoms with Crippen LogP contribution in [0.2, 0.25) is 0 Å². The molecule has 1 aromatic carbocycles. The van der Waals surface area contributed by atoms with Crippen molar-refractivity contribution in [2.45, 2.75) is 19.5 Å². The standard InChI is InChI=1S/C16H12F3N3O2S/c1-2-12-7-14(21-24-12)22(15(23)13-8-20-9-25-13)11-5-3-10(4-6-11)16(17,18)19/h3-9H,2H2,1H3. The first-order valence-electron chi connectivity index (χ1n) is 7.26. The molecular formula is C16H12F3N3O2S. The molecule has 0 radical (unpaired) electrons. The lowest BCUT2D eigenvalue weighted by Crippen LogP contribution is -2.25. The van der Waals surface area contributed by atoms with Crippen LogP contribution in [0.25, 0.3) is 0 Å². The molecule has 0 aliphatic rings. The maximum Gasteiger partial charge on any atom is 0.416 e. The van der Waals surface area contributed by atoms with Gasteiger partial charge in [-0.15, -0.1) is 11.3 Å². The number of rotatable bonds is 4. The molecule has 3 rings (SSSR count). The third-order valence-corrected chi connectivity index (χ3v) is 4.18. The van der Waals surface area contributed by atoms with Crippen molar-refractivity contribution in [2.24, 2.45) is 0 Å². The Kier molecular flexibility index (Phi) is 4.58. The molecule has 2 heterocycles. The predicted octanol–water partition coefficient (Wildman–Crippen LogP) is 4.69. The second-order valence-corrected chi connectivity index (χ2v) is 5.94. The summed E-state index contributed by atoms with van der Waals surface area (Å²) in [5.74, 6) is 0.317. The second-order valence-electron chi connectivity index (χ2n) is 5.06. The second kappa shape index (κ2) is 6.67. The Hall–Kier alpha value is -2.68. The van der Waals surface area contributed by atoms with Crippen molar-refractivity contribution >= 4 is 28.7 Å². The molecule has 2 aromatic heterocycles. The summed E-state index contributed by atoms with van der Waals surface area (Å²) in [6.07, 6.45) is -2.48. The van der Waals surface area contributed by atoms with E-state index < -0.39 is 17.6 Å². The SMILES string of the molecule is CCc1cc(N(C(=O)c2cncs2)c2ccc(C(F)(F)F)cc2)no1. The molecule has 0 fully saturated rings. The average Bonchev–Trinajstić information content (AvgIpc) is 3.26. The lowest BCUT2D eigenvalue weighted by atomic mass is 10.2. The fraction of sp³-hybridized carbons (Fsp3) is 0.188. The summed E-state index contributed by atoms with van der Waals surface area (Å²) in [6, 6.07) is 5.87. The molecule has 130 valence electrons. The minimum atomic E-state index is -4.45. The Labute approximate surface area is 144 Å². The number of halogens is 3. The summed E-state index contributed by atoms with van der Waals surface area (Å²) in [5, 5.41) is 3.86. The first kappa shape index (κ1) is 17.2. The largest absolute Gasteiger partial charge is 0.416 e. The van der Waals surface area contributed by atoms with Crippen LogP contribution in [0.5, 0.6) is 0 Å². The third-order valence-electron chi connectivity index (χ3n) is 3.42. The van der Waals surface area contributed by atoms with Gasteiger partial charge in [-0.1, -0.05) is 12.1 Å². The van der Waals surface area contributed by atoms with Gasteiger partial charge in [0.15, 0.2) is 5.82 Å². The van der Waals surface area contributed by atoms with E-state index in [1.54, 1.807) is 6.07 Å². The Morgan fingerprint density at radius 3 is 2.52 bits per heavy atom. The van der Waals surface area contributed by atoms with Crippen LogP contribution in [0.1, 0.15) is 27.9 Å². The zero-order chi connectivity index (χ0) is 18.0. The molecule has 5 nitrogen and oxygen atoms in total. The fourth-order valence-electron chi connectivity index (χ4n) is 2.16. The molecule has 0 aliphatic heterocycles. The average molecular weight is 367 g/mol. The molecule has 0 spiro atoms. The van der Waals surface area contributed by atoms with Gasteiger partial charge in [0, 0.05) is 12.5 Å². The van der Waals surface area contributed by atoms with Crippen molar-refractivity contribution in [3.8, 4) is 0 Å². The van der Waals surface area contributed by atoms with Crippen LogP contribution in [0.3, 0.4) is 0 Å². The van der Waals surface area contributed by atoms with Crippen LogP contribution >= 0.6 is 11.3 Å². The molecule has 0 unspecified atom stereocenters. The van der Waals surface area contributed by atoms with E-state index in [1.165, 1.54) is 28.7 Å². The minimum Gasteiger partial charge on any atom is -0.359 e. The number of thiazole rings is 1. The highest BCUT2D eigenvalue weighted by Gasteiger charge is 2.31. The number of carbonyl (C=O) groups is 1. The monoisotopic (exact) mass is 367 g/mol. The molecule has 3 aromatic rings. The molecule has 0 aliphatic carbocycles. The predicted molar refractivity (Wildman–Crippen MR) is 85.9 cm³/mol. The lowest BCUT2D eigenvalue weighted by Gasteiger charge is -2.19. The van der Waals surface area contributed by atoms with Crippen molar-refractivity contribution in [3.63, 3.8) is 0 Å². The van der Waals surface area contributed by atoms with E-state index in [1.807, 2.05) is 6.92 Å². The Morgan fingerprint density at radius 2 is 2.00 bits per heavy atom. The van der Waals surface area contributed by atoms with Crippen molar-refractivity contribution in [1.29, 1.82) is 0 Å². The first-order chi connectivity index (χ1) is 11.9. The quantitative estimate of drug-likeness (QED) is 0.671. The zero-order valence-electron chi connectivity index (χ0n) is 12.9. The van der Waals surface area contributed by atoms with E-state index in [9.17, 15) is 18.0 Å². The number of aryl methyl sites for hydroxylation is 1. The molecule has 0 bridgehead atoms. The van der Waals surface area contributed by atoms with Gasteiger partial charge in [0.25, 0.3) is 5.91 Å². The highest BCUT2D eigenvalue weighted by Crippen LogP contribution is 2.33. The summed E-state index contributed by atoms with van der Waals surface area (Å²) in [6.45, 7) is 1.86. The number of aromatic nitrogens is 2. The maximum atomic E-state index is 12.8. The first-order valence-corrected chi connectivity index (χ1v) is 8.14. The highest BCUT2D eigenvalue weighted by atomic mass is 32.1. The van der Waals surface area contributed by atoms with Crippen LogP contribution < -0.4 is 4.90 Å². The molecule has 1 amide bonds. The minimum absolute atomic E-state index is 0.204. The normalized spacial score (nSPS) is 11.5. The lowest BCUT2D eigenvalue weighted by molar-refractivity contribution is -0.137. The molecule has 0 saturated heterocycles. The van der Waals surface area contributed by atoms with Gasteiger partial charge in [0.2, 0.25) is 0 Å². The van der Waals surface area contributed by atoms with Gasteiger partial charge in [-0.25, -0.2) is 0 Å². The van der Waals surface area contributed by atoms with E-state index in [4.69, 9.17) is 4.52 Å². The van der Waals surface area contributed by atoms with Crippen molar-refractivity contribution in [3.05, 3.63) is 58.2 Å². The number of anilines is 2. The van der Waals surface area contributed by atoms with Crippen LogP contribution in [0, 0.1) is 0 Å². The molecule has 25 heavy (non-hydrogen) atoms. The van der Waals surface area contributed by atoms with Crippen LogP contribution in [-0.2, 0) is 12.6 Å². The van der Waals surface area contributed by atoms with Gasteiger partial charge in [0.05, 0.1) is 23.0 Å². The summed E-state index contributed by atoms with van der Waals surface area (Å²) >= 11 is 1.13. The molecule has 0 N–H and O–H groups in total. The van der Waals surface area contributed by atoms with Gasteiger partial charge in [-0.2, -0.15) is 13.2 Å². The van der Waals surface area contributed by atoms with Crippen LogP contribution in [0.4, 0.5) is 24.7 Å².